The molecule has 1 amide bonds. The molecule has 0 radical (unpaired) electrons. The predicted molar refractivity (Wildman–Crippen MR) is 99.3 cm³/mol. The monoisotopic (exact) mass is 353 g/mol. The summed E-state index contributed by atoms with van der Waals surface area (Å²) in [6.07, 6.45) is 1.15. The fourth-order valence-corrected chi connectivity index (χ4v) is 3.45. The maximum Gasteiger partial charge on any atom is 0.253 e. The van der Waals surface area contributed by atoms with Gasteiger partial charge in [0.15, 0.2) is 9.84 Å². The van der Waals surface area contributed by atoms with E-state index in [0.29, 0.717) is 12.1 Å². The molecule has 0 aliphatic carbocycles. The van der Waals surface area contributed by atoms with Crippen LogP contribution in [0.25, 0.3) is 10.8 Å². The minimum atomic E-state index is -3.26. The highest BCUT2D eigenvalue weighted by Gasteiger charge is 2.14. The fourth-order valence-electron chi connectivity index (χ4n) is 2.82. The molecule has 0 atom stereocenters. The number of fused-ring (bicyclic) bond motifs is 1. The minimum absolute atomic E-state index is 0.145. The second-order valence-electron chi connectivity index (χ2n) is 6.10. The van der Waals surface area contributed by atoms with Crippen LogP contribution in [0.2, 0.25) is 0 Å². The van der Waals surface area contributed by atoms with Crippen LogP contribution in [0.1, 0.15) is 15.9 Å². The molecule has 3 aromatic carbocycles. The molecule has 0 spiro atoms. The molecule has 0 unspecified atom stereocenters. The Labute approximate surface area is 147 Å². The summed E-state index contributed by atoms with van der Waals surface area (Å²) < 4.78 is 23.0. The molecule has 3 rings (SSSR count). The first kappa shape index (κ1) is 17.2. The average molecular weight is 353 g/mol. The van der Waals surface area contributed by atoms with Crippen LogP contribution in [0.5, 0.6) is 0 Å². The van der Waals surface area contributed by atoms with Crippen molar-refractivity contribution < 1.29 is 13.2 Å². The Balaban J connectivity index is 1.83. The highest BCUT2D eigenvalue weighted by Crippen LogP contribution is 2.20. The van der Waals surface area contributed by atoms with Gasteiger partial charge >= 0.3 is 0 Å². The van der Waals surface area contributed by atoms with Crippen LogP contribution < -0.4 is 0 Å². The summed E-state index contributed by atoms with van der Waals surface area (Å²) in [5.41, 5.74) is 1.54. The minimum Gasteiger partial charge on any atom is -0.337 e. The molecule has 0 aromatic heterocycles. The number of carbonyl (C=O) groups is 1. The highest BCUT2D eigenvalue weighted by molar-refractivity contribution is 7.90. The number of hydrogen-bond donors (Lipinski definition) is 0. The Bertz CT molecular complexity index is 1020. The molecule has 128 valence electrons. The van der Waals surface area contributed by atoms with Gasteiger partial charge < -0.3 is 4.90 Å². The number of sulfone groups is 1. The lowest BCUT2D eigenvalue weighted by Gasteiger charge is -2.18. The van der Waals surface area contributed by atoms with E-state index < -0.39 is 9.84 Å². The fraction of sp³-hybridized carbons (Fsp3) is 0.150. The standard InChI is InChI=1S/C20H19NO3S/c1-21(14-17-8-5-7-15-6-3-4-9-19(15)17)20(22)16-10-12-18(13-11-16)25(2,23)24/h3-13H,14H2,1-2H3. The van der Waals surface area contributed by atoms with Crippen molar-refractivity contribution >= 4 is 26.5 Å². The van der Waals surface area contributed by atoms with Crippen LogP contribution in [-0.2, 0) is 16.4 Å². The lowest BCUT2D eigenvalue weighted by molar-refractivity contribution is 0.0785. The second kappa shape index (κ2) is 6.69. The summed E-state index contributed by atoms with van der Waals surface area (Å²) >= 11 is 0. The van der Waals surface area contributed by atoms with Crippen molar-refractivity contribution in [1.82, 2.24) is 4.90 Å². The lowest BCUT2D eigenvalue weighted by Crippen LogP contribution is -2.26. The maximum absolute atomic E-state index is 12.6. The predicted octanol–water partition coefficient (Wildman–Crippen LogP) is 3.52. The molecular weight excluding hydrogens is 334 g/mol. The van der Waals surface area contributed by atoms with Crippen LogP contribution in [0.4, 0.5) is 0 Å². The van der Waals surface area contributed by atoms with Gasteiger partial charge in [-0.15, -0.1) is 0 Å². The first-order chi connectivity index (χ1) is 11.9. The van der Waals surface area contributed by atoms with Gasteiger partial charge in [-0.3, -0.25) is 4.79 Å². The first-order valence-electron chi connectivity index (χ1n) is 7.88. The molecule has 3 aromatic rings. The summed E-state index contributed by atoms with van der Waals surface area (Å²) in [7, 11) is -1.52. The second-order valence-corrected chi connectivity index (χ2v) is 8.11. The zero-order valence-corrected chi connectivity index (χ0v) is 15.0. The van der Waals surface area contributed by atoms with Crippen molar-refractivity contribution in [1.29, 1.82) is 0 Å². The summed E-state index contributed by atoms with van der Waals surface area (Å²) in [6.45, 7) is 0.480. The van der Waals surface area contributed by atoms with E-state index in [0.717, 1.165) is 22.6 Å². The van der Waals surface area contributed by atoms with Gasteiger partial charge in [0, 0.05) is 25.4 Å². The van der Waals surface area contributed by atoms with Crippen molar-refractivity contribution in [2.45, 2.75) is 11.4 Å². The number of nitrogens with zero attached hydrogens (tertiary/aromatic N) is 1. The molecule has 0 saturated heterocycles. The molecule has 4 nitrogen and oxygen atoms in total. The number of benzene rings is 3. The van der Waals surface area contributed by atoms with Gasteiger partial charge in [-0.05, 0) is 40.6 Å². The van der Waals surface area contributed by atoms with Gasteiger partial charge in [-0.1, -0.05) is 42.5 Å². The van der Waals surface area contributed by atoms with E-state index in [2.05, 4.69) is 0 Å². The summed E-state index contributed by atoms with van der Waals surface area (Å²) in [6, 6.07) is 20.1. The molecule has 0 aliphatic rings. The smallest absolute Gasteiger partial charge is 0.253 e. The summed E-state index contributed by atoms with van der Waals surface area (Å²) in [5.74, 6) is -0.145. The van der Waals surface area contributed by atoms with E-state index in [1.165, 1.54) is 12.1 Å². The van der Waals surface area contributed by atoms with Crippen molar-refractivity contribution in [2.24, 2.45) is 0 Å². The molecular formula is C20H19NO3S. The van der Waals surface area contributed by atoms with Crippen LogP contribution in [-0.4, -0.2) is 32.5 Å². The van der Waals surface area contributed by atoms with E-state index in [1.54, 1.807) is 24.1 Å². The molecule has 0 fully saturated rings. The Kier molecular flexibility index (Phi) is 4.59. The zero-order valence-electron chi connectivity index (χ0n) is 14.1. The number of hydrogen-bond acceptors (Lipinski definition) is 3. The van der Waals surface area contributed by atoms with Crippen LogP contribution in [0.3, 0.4) is 0 Å². The van der Waals surface area contributed by atoms with Crippen molar-refractivity contribution in [3.8, 4) is 0 Å². The third-order valence-electron chi connectivity index (χ3n) is 4.16. The van der Waals surface area contributed by atoms with Gasteiger partial charge in [0.25, 0.3) is 5.91 Å². The third-order valence-corrected chi connectivity index (χ3v) is 5.29. The van der Waals surface area contributed by atoms with Crippen molar-refractivity contribution in [3.05, 3.63) is 77.9 Å². The van der Waals surface area contributed by atoms with Crippen LogP contribution in [0, 0.1) is 0 Å². The molecule has 0 N–H and O–H groups in total. The largest absolute Gasteiger partial charge is 0.337 e. The molecule has 25 heavy (non-hydrogen) atoms. The van der Waals surface area contributed by atoms with Gasteiger partial charge in [-0.2, -0.15) is 0 Å². The zero-order chi connectivity index (χ0) is 18.0. The highest BCUT2D eigenvalue weighted by atomic mass is 32.2. The van der Waals surface area contributed by atoms with E-state index in [4.69, 9.17) is 0 Å². The Morgan fingerprint density at radius 2 is 1.56 bits per heavy atom. The summed E-state index contributed by atoms with van der Waals surface area (Å²) in [5, 5.41) is 2.26. The maximum atomic E-state index is 12.6. The van der Waals surface area contributed by atoms with Gasteiger partial charge in [0.05, 0.1) is 4.90 Å². The summed E-state index contributed by atoms with van der Waals surface area (Å²) in [4.78, 5) is 14.5. The molecule has 0 bridgehead atoms. The first-order valence-corrected chi connectivity index (χ1v) is 9.77. The van der Waals surface area contributed by atoms with E-state index in [1.807, 2.05) is 42.5 Å². The van der Waals surface area contributed by atoms with Gasteiger partial charge in [-0.25, -0.2) is 8.42 Å². The molecule has 5 heteroatoms. The van der Waals surface area contributed by atoms with E-state index in [9.17, 15) is 13.2 Å². The molecule has 0 saturated carbocycles. The SMILES string of the molecule is CN(Cc1cccc2ccccc12)C(=O)c1ccc(S(C)(=O)=O)cc1. The average Bonchev–Trinajstić information content (AvgIpc) is 2.61. The van der Waals surface area contributed by atoms with Gasteiger partial charge in [0.1, 0.15) is 0 Å². The molecule has 0 aliphatic heterocycles. The Hall–Kier alpha value is -2.66. The Morgan fingerprint density at radius 1 is 0.920 bits per heavy atom. The van der Waals surface area contributed by atoms with Crippen LogP contribution in [0.15, 0.2) is 71.6 Å². The number of carbonyl (C=O) groups excluding carboxylic acids is 1. The number of rotatable bonds is 4. The molecule has 0 heterocycles. The quantitative estimate of drug-likeness (QED) is 0.721. The Morgan fingerprint density at radius 3 is 2.24 bits per heavy atom. The van der Waals surface area contributed by atoms with Crippen molar-refractivity contribution in [3.63, 3.8) is 0 Å². The topological polar surface area (TPSA) is 54.5 Å². The van der Waals surface area contributed by atoms with Crippen LogP contribution >= 0.6 is 0 Å². The lowest BCUT2D eigenvalue weighted by atomic mass is 10.0. The normalized spacial score (nSPS) is 11.4. The van der Waals surface area contributed by atoms with Crippen molar-refractivity contribution in [2.75, 3.05) is 13.3 Å². The van der Waals surface area contributed by atoms with E-state index >= 15 is 0 Å². The third kappa shape index (κ3) is 3.72. The van der Waals surface area contributed by atoms with E-state index in [-0.39, 0.29) is 10.8 Å². The number of amides is 1. The van der Waals surface area contributed by atoms with Gasteiger partial charge in [0.2, 0.25) is 0 Å².